The van der Waals surface area contributed by atoms with E-state index < -0.39 is 0 Å². The summed E-state index contributed by atoms with van der Waals surface area (Å²) >= 11 is 6.76. The number of rotatable bonds is 4. The second-order valence-electron chi connectivity index (χ2n) is 8.13. The number of ether oxygens (including phenoxy) is 1. The lowest BCUT2D eigenvalue weighted by molar-refractivity contribution is 0.00718. The average Bonchev–Trinajstić information content (AvgIpc) is 3.05. The topological polar surface area (TPSA) is 43.3 Å². The van der Waals surface area contributed by atoms with Crippen LogP contribution in [-0.2, 0) is 11.3 Å². The fourth-order valence-corrected chi connectivity index (χ4v) is 4.51. The van der Waals surface area contributed by atoms with E-state index in [1.165, 1.54) is 18.2 Å². The predicted octanol–water partition coefficient (Wildman–Crippen LogP) is 5.82. The largest absolute Gasteiger partial charge is 0.445 e. The second-order valence-corrected chi connectivity index (χ2v) is 9.62. The van der Waals surface area contributed by atoms with Crippen LogP contribution < -0.4 is 5.32 Å². The van der Waals surface area contributed by atoms with Crippen LogP contribution in [0.5, 0.6) is 0 Å². The molecular weight excluding hydrogens is 388 g/mol. The number of carbonyl (C=O) groups is 1. The second kappa shape index (κ2) is 9.31. The molecule has 0 amide bonds. The number of benzene rings is 1. The van der Waals surface area contributed by atoms with E-state index in [0.29, 0.717) is 24.3 Å². The van der Waals surface area contributed by atoms with Gasteiger partial charge in [-0.1, -0.05) is 57.6 Å². The number of hydrogen-bond acceptors (Lipinski definition) is 4. The Labute approximate surface area is 177 Å². The van der Waals surface area contributed by atoms with E-state index in [-0.39, 0.29) is 12.2 Å². The molecule has 0 unspecified atom stereocenters. The summed E-state index contributed by atoms with van der Waals surface area (Å²) in [6, 6.07) is 7.95. The van der Waals surface area contributed by atoms with Crippen molar-refractivity contribution in [3.05, 3.63) is 36.0 Å². The molecule has 3 rings (SSSR count). The van der Waals surface area contributed by atoms with Crippen molar-refractivity contribution in [1.29, 1.82) is 0 Å². The Kier molecular flexibility index (Phi) is 7.05. The molecule has 2 aromatic rings. The molecule has 1 aliphatic carbocycles. The van der Waals surface area contributed by atoms with Crippen molar-refractivity contribution >= 4 is 45.3 Å². The van der Waals surface area contributed by atoms with Gasteiger partial charge in [0, 0.05) is 18.1 Å². The Hall–Kier alpha value is -1.53. The Bertz CT molecular complexity index is 846. The number of nitrogens with one attached hydrogen (secondary N) is 1. The van der Waals surface area contributed by atoms with Crippen LogP contribution in [0.1, 0.15) is 45.6 Å². The van der Waals surface area contributed by atoms with Gasteiger partial charge in [-0.15, -0.1) is 11.8 Å². The van der Waals surface area contributed by atoms with Gasteiger partial charge in [0.1, 0.15) is 10.4 Å². The maximum atomic E-state index is 13.1. The molecule has 0 spiro atoms. The van der Waals surface area contributed by atoms with Crippen LogP contribution >= 0.6 is 24.0 Å². The Balaban J connectivity index is 1.83. The van der Waals surface area contributed by atoms with E-state index in [2.05, 4.69) is 26.1 Å². The summed E-state index contributed by atoms with van der Waals surface area (Å²) in [5.41, 5.74) is 1.92. The average molecular weight is 419 g/mol. The molecule has 1 fully saturated rings. The van der Waals surface area contributed by atoms with Crippen molar-refractivity contribution < 1.29 is 9.53 Å². The maximum Gasteiger partial charge on any atom is 0.418 e. The lowest BCUT2D eigenvalue weighted by atomic mass is 9.75. The van der Waals surface area contributed by atoms with Gasteiger partial charge in [0.05, 0.1) is 5.52 Å². The van der Waals surface area contributed by atoms with Crippen LogP contribution in [0.15, 0.2) is 30.5 Å². The molecule has 152 valence electrons. The molecular formula is C22H30N2O2S2. The van der Waals surface area contributed by atoms with Gasteiger partial charge in [-0.3, -0.25) is 4.57 Å². The number of hydrogen-bond donors (Lipinski definition) is 1. The molecule has 0 radical (unpaired) electrons. The van der Waals surface area contributed by atoms with E-state index in [1.807, 2.05) is 36.7 Å². The van der Waals surface area contributed by atoms with Crippen LogP contribution in [-0.4, -0.2) is 27.3 Å². The third-order valence-corrected chi connectivity index (χ3v) is 6.97. The monoisotopic (exact) mass is 418 g/mol. The van der Waals surface area contributed by atoms with Crippen LogP contribution in [0.4, 0.5) is 4.79 Å². The maximum absolute atomic E-state index is 13.1. The molecule has 1 heterocycles. The first kappa shape index (κ1) is 21.2. The Morgan fingerprint density at radius 3 is 2.82 bits per heavy atom. The zero-order chi connectivity index (χ0) is 20.3. The van der Waals surface area contributed by atoms with Gasteiger partial charge in [-0.25, -0.2) is 4.79 Å². The molecule has 0 aliphatic heterocycles. The first-order valence-electron chi connectivity index (χ1n) is 10.0. The van der Waals surface area contributed by atoms with E-state index in [9.17, 15) is 4.79 Å². The van der Waals surface area contributed by atoms with Gasteiger partial charge in [-0.2, -0.15) is 0 Å². The third kappa shape index (κ3) is 4.71. The van der Waals surface area contributed by atoms with Crippen molar-refractivity contribution in [2.75, 3.05) is 6.26 Å². The van der Waals surface area contributed by atoms with E-state index in [4.69, 9.17) is 17.0 Å². The zero-order valence-corrected chi connectivity index (χ0v) is 18.7. The lowest BCUT2D eigenvalue weighted by Crippen LogP contribution is -2.36. The highest BCUT2D eigenvalue weighted by Gasteiger charge is 2.34. The Morgan fingerprint density at radius 2 is 2.11 bits per heavy atom. The number of thiocarbonyl (C=S) groups is 1. The number of thioether (sulfide) groups is 1. The molecule has 3 atom stereocenters. The molecule has 1 saturated carbocycles. The molecule has 1 aromatic heterocycles. The minimum Gasteiger partial charge on any atom is -0.445 e. The standard InChI is InChI=1S/C22H30N2O2S2/c1-14(2)17-10-9-15(3)11-20(17)26-22(25)24-13-16(12-23-21(27)28-4)18-7-5-6-8-19(18)24/h5-8,13-15,17,20H,9-12H2,1-4H3,(H,23,27)/t15-,17+,20-/m1/s1. The fraction of sp³-hybridized carbons (Fsp3) is 0.545. The molecule has 1 N–H and O–H groups in total. The zero-order valence-electron chi connectivity index (χ0n) is 17.1. The van der Waals surface area contributed by atoms with Gasteiger partial charge in [0.2, 0.25) is 0 Å². The SMILES string of the molecule is CSC(=S)NCc1cn(C(=O)O[C@@H]2C[C@H](C)CC[C@H]2C(C)C)c2ccccc12. The Morgan fingerprint density at radius 1 is 1.36 bits per heavy atom. The van der Waals surface area contributed by atoms with Gasteiger partial charge in [0.25, 0.3) is 0 Å². The highest BCUT2D eigenvalue weighted by molar-refractivity contribution is 8.22. The fourth-order valence-electron chi connectivity index (χ4n) is 4.22. The number of aromatic nitrogens is 1. The first-order chi connectivity index (χ1) is 13.4. The third-order valence-electron chi connectivity index (χ3n) is 5.81. The smallest absolute Gasteiger partial charge is 0.418 e. The van der Waals surface area contributed by atoms with Crippen molar-refractivity contribution in [1.82, 2.24) is 9.88 Å². The molecule has 1 aromatic carbocycles. The number of para-hydroxylation sites is 1. The minimum absolute atomic E-state index is 0.0111. The van der Waals surface area contributed by atoms with Crippen LogP contribution in [0, 0.1) is 17.8 Å². The van der Waals surface area contributed by atoms with Gasteiger partial charge in [0.15, 0.2) is 0 Å². The van der Waals surface area contributed by atoms with E-state index in [1.54, 1.807) is 4.57 Å². The van der Waals surface area contributed by atoms with Crippen LogP contribution in [0.2, 0.25) is 0 Å². The molecule has 6 heteroatoms. The summed E-state index contributed by atoms with van der Waals surface area (Å²) in [5, 5.41) is 4.28. The highest BCUT2D eigenvalue weighted by Crippen LogP contribution is 2.35. The molecule has 4 nitrogen and oxygen atoms in total. The molecule has 28 heavy (non-hydrogen) atoms. The predicted molar refractivity (Wildman–Crippen MR) is 122 cm³/mol. The quantitative estimate of drug-likeness (QED) is 0.633. The highest BCUT2D eigenvalue weighted by atomic mass is 32.2. The summed E-state index contributed by atoms with van der Waals surface area (Å²) < 4.78 is 8.47. The summed E-state index contributed by atoms with van der Waals surface area (Å²) in [5.74, 6) is 1.54. The molecule has 1 aliphatic rings. The normalized spacial score (nSPS) is 22.4. The first-order valence-corrected chi connectivity index (χ1v) is 11.7. The van der Waals surface area contributed by atoms with Crippen molar-refractivity contribution in [3.63, 3.8) is 0 Å². The number of nitrogens with zero attached hydrogens (tertiary/aromatic N) is 1. The number of carbonyl (C=O) groups excluding carboxylic acids is 1. The summed E-state index contributed by atoms with van der Waals surface area (Å²) in [7, 11) is 0. The van der Waals surface area contributed by atoms with E-state index >= 15 is 0 Å². The lowest BCUT2D eigenvalue weighted by Gasteiger charge is -2.36. The van der Waals surface area contributed by atoms with Crippen molar-refractivity contribution in [2.24, 2.45) is 17.8 Å². The summed E-state index contributed by atoms with van der Waals surface area (Å²) in [6.45, 7) is 7.30. The molecule has 0 bridgehead atoms. The van der Waals surface area contributed by atoms with Crippen molar-refractivity contribution in [3.8, 4) is 0 Å². The van der Waals surface area contributed by atoms with Crippen LogP contribution in [0.3, 0.4) is 0 Å². The summed E-state index contributed by atoms with van der Waals surface area (Å²) in [4.78, 5) is 13.1. The van der Waals surface area contributed by atoms with Gasteiger partial charge < -0.3 is 10.1 Å². The van der Waals surface area contributed by atoms with Crippen LogP contribution in [0.25, 0.3) is 10.9 Å². The van der Waals surface area contributed by atoms with E-state index in [0.717, 1.165) is 33.6 Å². The van der Waals surface area contributed by atoms with Gasteiger partial charge in [-0.05, 0) is 48.5 Å². The van der Waals surface area contributed by atoms with Crippen molar-refractivity contribution in [2.45, 2.75) is 52.7 Å². The minimum atomic E-state index is -0.278. The molecule has 0 saturated heterocycles. The summed E-state index contributed by atoms with van der Waals surface area (Å²) in [6.07, 6.45) is 6.84. The number of fused-ring (bicyclic) bond motifs is 1. The van der Waals surface area contributed by atoms with Gasteiger partial charge >= 0.3 is 6.09 Å².